The zero-order valence-corrected chi connectivity index (χ0v) is 15.8. The number of hydrogen-bond donors (Lipinski definition) is 0. The van der Waals surface area contributed by atoms with Crippen molar-refractivity contribution in [3.05, 3.63) is 35.4 Å². The van der Waals surface area contributed by atoms with Gasteiger partial charge in [-0.15, -0.1) is 0 Å². The van der Waals surface area contributed by atoms with Crippen LogP contribution in [0.2, 0.25) is 5.82 Å². The Morgan fingerprint density at radius 1 is 1.21 bits per heavy atom. The minimum absolute atomic E-state index is 0.0552. The summed E-state index contributed by atoms with van der Waals surface area (Å²) in [7, 11) is -0.0552. The maximum absolute atomic E-state index is 6.61. The van der Waals surface area contributed by atoms with E-state index in [4.69, 9.17) is 9.31 Å². The minimum Gasteiger partial charge on any atom is -0.405 e. The van der Waals surface area contributed by atoms with E-state index in [1.807, 2.05) is 0 Å². The van der Waals surface area contributed by atoms with Crippen LogP contribution in [0.1, 0.15) is 58.6 Å². The molecule has 5 atom stereocenters. The molecule has 1 aromatic rings. The summed E-state index contributed by atoms with van der Waals surface area (Å²) in [6, 6.07) is 8.96. The molecular formula is C21H31BO2. The van der Waals surface area contributed by atoms with Crippen LogP contribution in [0, 0.1) is 17.3 Å². The lowest BCUT2D eigenvalue weighted by Gasteiger charge is -2.64. The van der Waals surface area contributed by atoms with Crippen molar-refractivity contribution in [3.63, 3.8) is 0 Å². The van der Waals surface area contributed by atoms with Gasteiger partial charge in [0.05, 0.1) is 11.7 Å². The molecule has 4 aliphatic rings. The molecule has 1 heterocycles. The highest BCUT2D eigenvalue weighted by Gasteiger charge is 2.68. The quantitative estimate of drug-likeness (QED) is 0.732. The Balaban J connectivity index is 1.46. The molecule has 2 nitrogen and oxygen atoms in total. The van der Waals surface area contributed by atoms with Crippen LogP contribution in [0.25, 0.3) is 0 Å². The molecule has 0 N–H and O–H groups in total. The average molecular weight is 326 g/mol. The van der Waals surface area contributed by atoms with Crippen molar-refractivity contribution < 1.29 is 9.31 Å². The van der Waals surface area contributed by atoms with Gasteiger partial charge in [-0.05, 0) is 66.8 Å². The van der Waals surface area contributed by atoms with Crippen LogP contribution in [0.5, 0.6) is 0 Å². The average Bonchev–Trinajstić information content (AvgIpc) is 2.92. The van der Waals surface area contributed by atoms with Crippen LogP contribution in [0.4, 0.5) is 0 Å². The molecule has 0 unspecified atom stereocenters. The molecule has 5 rings (SSSR count). The predicted octanol–water partition coefficient (Wildman–Crippen LogP) is 4.91. The Morgan fingerprint density at radius 2 is 1.96 bits per heavy atom. The maximum atomic E-state index is 6.61. The van der Waals surface area contributed by atoms with Crippen molar-refractivity contribution in [2.24, 2.45) is 17.3 Å². The van der Waals surface area contributed by atoms with E-state index in [9.17, 15) is 0 Å². The molecule has 2 bridgehead atoms. The monoisotopic (exact) mass is 326 g/mol. The molecule has 1 aliphatic heterocycles. The molecule has 0 amide bonds. The summed E-state index contributed by atoms with van der Waals surface area (Å²) in [4.78, 5) is 0. The Labute approximate surface area is 147 Å². The van der Waals surface area contributed by atoms with E-state index in [1.165, 1.54) is 24.0 Å². The summed E-state index contributed by atoms with van der Waals surface area (Å²) in [5.41, 5.74) is 3.15. The van der Waals surface area contributed by atoms with E-state index < -0.39 is 0 Å². The molecule has 3 heteroatoms. The van der Waals surface area contributed by atoms with Crippen LogP contribution in [0.15, 0.2) is 24.3 Å². The van der Waals surface area contributed by atoms with Gasteiger partial charge >= 0.3 is 7.12 Å². The molecule has 24 heavy (non-hydrogen) atoms. The van der Waals surface area contributed by atoms with Gasteiger partial charge in [-0.25, -0.2) is 0 Å². The Kier molecular flexibility index (Phi) is 3.89. The summed E-state index contributed by atoms with van der Waals surface area (Å²) >= 11 is 0. The highest BCUT2D eigenvalue weighted by atomic mass is 16.7. The van der Waals surface area contributed by atoms with Gasteiger partial charge in [0.2, 0.25) is 0 Å². The molecule has 0 aromatic heterocycles. The van der Waals surface area contributed by atoms with Crippen molar-refractivity contribution in [1.29, 1.82) is 0 Å². The van der Waals surface area contributed by atoms with Gasteiger partial charge in [-0.1, -0.05) is 52.0 Å². The fourth-order valence-corrected chi connectivity index (χ4v) is 5.59. The van der Waals surface area contributed by atoms with Gasteiger partial charge in [0.25, 0.3) is 0 Å². The standard InChI is InChI=1S/C21H31BO2/c1-6-15-8-7-9-16(11-15)10-14(2)22-23-19-13-17-12-18(20(17,3)4)21(19,5)24-22/h7-9,11,14,17-19H,6,10,12-13H2,1-5H3/t14-,17-,18-,19+,21-/m0/s1. The first-order valence-corrected chi connectivity index (χ1v) is 9.75. The van der Waals surface area contributed by atoms with Gasteiger partial charge < -0.3 is 9.31 Å². The first-order valence-electron chi connectivity index (χ1n) is 9.75. The molecule has 0 spiro atoms. The second kappa shape index (κ2) is 5.61. The molecular weight excluding hydrogens is 295 g/mol. The topological polar surface area (TPSA) is 18.5 Å². The van der Waals surface area contributed by atoms with Gasteiger partial charge in [-0.3, -0.25) is 0 Å². The van der Waals surface area contributed by atoms with E-state index in [0.717, 1.165) is 18.8 Å². The number of hydrogen-bond acceptors (Lipinski definition) is 2. The van der Waals surface area contributed by atoms with Crippen molar-refractivity contribution in [2.45, 2.75) is 77.8 Å². The third-order valence-corrected chi connectivity index (χ3v) is 7.39. The zero-order valence-electron chi connectivity index (χ0n) is 15.8. The third-order valence-electron chi connectivity index (χ3n) is 7.39. The summed E-state index contributed by atoms with van der Waals surface area (Å²) in [6.45, 7) is 11.6. The second-order valence-electron chi connectivity index (χ2n) is 9.19. The second-order valence-corrected chi connectivity index (χ2v) is 9.19. The first-order chi connectivity index (χ1) is 11.3. The van der Waals surface area contributed by atoms with E-state index in [-0.39, 0.29) is 12.7 Å². The van der Waals surface area contributed by atoms with Gasteiger partial charge in [0, 0.05) is 0 Å². The molecule has 1 saturated heterocycles. The van der Waals surface area contributed by atoms with E-state index in [2.05, 4.69) is 58.9 Å². The Bertz CT molecular complexity index is 628. The van der Waals surface area contributed by atoms with Crippen LogP contribution in [0.3, 0.4) is 0 Å². The third kappa shape index (κ3) is 2.39. The van der Waals surface area contributed by atoms with E-state index >= 15 is 0 Å². The van der Waals surface area contributed by atoms with Crippen molar-refractivity contribution in [3.8, 4) is 0 Å². The van der Waals surface area contributed by atoms with Gasteiger partial charge in [-0.2, -0.15) is 0 Å². The van der Waals surface area contributed by atoms with Crippen molar-refractivity contribution in [2.75, 3.05) is 0 Å². The van der Waals surface area contributed by atoms with Crippen LogP contribution in [-0.4, -0.2) is 18.8 Å². The maximum Gasteiger partial charge on any atom is 0.461 e. The smallest absolute Gasteiger partial charge is 0.405 e. The zero-order chi connectivity index (χ0) is 17.1. The number of aryl methyl sites for hydroxylation is 1. The van der Waals surface area contributed by atoms with E-state index in [1.54, 1.807) is 0 Å². The van der Waals surface area contributed by atoms with Crippen molar-refractivity contribution in [1.82, 2.24) is 0 Å². The molecule has 1 aromatic carbocycles. The Hall–Kier alpha value is -0.795. The summed E-state index contributed by atoms with van der Waals surface area (Å²) in [5, 5.41) is 0. The normalized spacial score (nSPS) is 37.7. The lowest BCUT2D eigenvalue weighted by Crippen LogP contribution is -2.65. The van der Waals surface area contributed by atoms with Crippen LogP contribution >= 0.6 is 0 Å². The van der Waals surface area contributed by atoms with Gasteiger partial charge in [0.15, 0.2) is 0 Å². The lowest BCUT2D eigenvalue weighted by molar-refractivity contribution is -0.199. The van der Waals surface area contributed by atoms with Gasteiger partial charge in [0.1, 0.15) is 0 Å². The fourth-order valence-electron chi connectivity index (χ4n) is 5.59. The van der Waals surface area contributed by atoms with Crippen molar-refractivity contribution >= 4 is 7.12 Å². The highest BCUT2D eigenvalue weighted by molar-refractivity contribution is 6.47. The largest absolute Gasteiger partial charge is 0.461 e. The summed E-state index contributed by atoms with van der Waals surface area (Å²) in [5.74, 6) is 1.86. The molecule has 3 saturated carbocycles. The molecule has 130 valence electrons. The summed E-state index contributed by atoms with van der Waals surface area (Å²) in [6.07, 6.45) is 4.91. The highest BCUT2D eigenvalue weighted by Crippen LogP contribution is 2.66. The molecule has 3 aliphatic carbocycles. The van der Waals surface area contributed by atoms with Crippen LogP contribution in [-0.2, 0) is 22.2 Å². The first kappa shape index (κ1) is 16.7. The molecule has 0 radical (unpaired) electrons. The SMILES string of the molecule is CCc1cccc(C[C@H](C)B2O[C@@H]3C[C@@H]4C[C@@H](C4(C)C)[C@]3(C)O2)c1. The lowest BCUT2D eigenvalue weighted by atomic mass is 9.43. The minimum atomic E-state index is -0.0809. The summed E-state index contributed by atoms with van der Waals surface area (Å²) < 4.78 is 13.0. The predicted molar refractivity (Wildman–Crippen MR) is 99.1 cm³/mol. The number of rotatable bonds is 4. The Morgan fingerprint density at radius 3 is 2.67 bits per heavy atom. The van der Waals surface area contributed by atoms with E-state index in [0.29, 0.717) is 23.3 Å². The fraction of sp³-hybridized carbons (Fsp3) is 0.714. The van der Waals surface area contributed by atoms with Crippen LogP contribution < -0.4 is 0 Å². The molecule has 4 fully saturated rings. The number of benzene rings is 1.